The Balaban J connectivity index is 2.38. The first-order valence-electron chi connectivity index (χ1n) is 5.40. The average Bonchev–Trinajstić information content (AvgIpc) is 2.41. The van der Waals surface area contributed by atoms with Crippen LogP contribution in [0.25, 0.3) is 0 Å². The summed E-state index contributed by atoms with van der Waals surface area (Å²) in [6, 6.07) is 7.19. The van der Waals surface area contributed by atoms with Crippen molar-refractivity contribution in [3.63, 3.8) is 0 Å². The highest BCUT2D eigenvalue weighted by Gasteiger charge is 2.17. The van der Waals surface area contributed by atoms with Crippen molar-refractivity contribution >= 4 is 55.8 Å². The quantitative estimate of drug-likeness (QED) is 0.530. The van der Waals surface area contributed by atoms with Crippen molar-refractivity contribution in [3.8, 4) is 0 Å². The van der Waals surface area contributed by atoms with Gasteiger partial charge in [0, 0.05) is 8.04 Å². The Bertz CT molecular complexity index is 694. The van der Waals surface area contributed by atoms with Crippen molar-refractivity contribution in [3.05, 3.63) is 55.6 Å². The van der Waals surface area contributed by atoms with Crippen LogP contribution in [0.5, 0.6) is 0 Å². The maximum Gasteiger partial charge on any atom is 0.256 e. The standard InChI is InChI=1S/C13H8BrF2IN2O/c14-6-1-3-9(17)7(5-6)13(20)19-12-10(18)4-2-8(15)11(12)16/h1-5H,18H2,(H,19,20). The molecule has 0 radical (unpaired) electrons. The number of anilines is 2. The zero-order valence-corrected chi connectivity index (χ0v) is 13.6. The molecular formula is C13H8BrF2IN2O. The number of hydrogen-bond acceptors (Lipinski definition) is 2. The molecule has 2 rings (SSSR count). The Morgan fingerprint density at radius 3 is 2.65 bits per heavy atom. The van der Waals surface area contributed by atoms with Crippen molar-refractivity contribution in [2.45, 2.75) is 0 Å². The fraction of sp³-hybridized carbons (Fsp3) is 0. The predicted molar refractivity (Wildman–Crippen MR) is 85.6 cm³/mol. The minimum Gasteiger partial charge on any atom is -0.397 e. The summed E-state index contributed by atoms with van der Waals surface area (Å²) < 4.78 is 28.2. The maximum atomic E-state index is 13.6. The lowest BCUT2D eigenvalue weighted by Crippen LogP contribution is -2.16. The van der Waals surface area contributed by atoms with Crippen molar-refractivity contribution < 1.29 is 13.6 Å². The van der Waals surface area contributed by atoms with Gasteiger partial charge < -0.3 is 11.1 Å². The molecule has 3 N–H and O–H groups in total. The largest absolute Gasteiger partial charge is 0.397 e. The second kappa shape index (κ2) is 6.04. The summed E-state index contributed by atoms with van der Waals surface area (Å²) in [6.07, 6.45) is 0. The van der Waals surface area contributed by atoms with Crippen molar-refractivity contribution in [1.82, 2.24) is 0 Å². The number of hydrogen-bond donors (Lipinski definition) is 2. The number of benzene rings is 2. The second-order valence-corrected chi connectivity index (χ2v) is 5.98. The van der Waals surface area contributed by atoms with E-state index in [1.165, 1.54) is 6.07 Å². The van der Waals surface area contributed by atoms with Gasteiger partial charge in [0.1, 0.15) is 5.69 Å². The maximum absolute atomic E-state index is 13.6. The summed E-state index contributed by atoms with van der Waals surface area (Å²) in [5.74, 6) is -2.81. The third-order valence-corrected chi connectivity index (χ3v) is 3.97. The van der Waals surface area contributed by atoms with Gasteiger partial charge in [-0.1, -0.05) is 15.9 Å². The molecule has 0 saturated heterocycles. The third kappa shape index (κ3) is 3.09. The summed E-state index contributed by atoms with van der Waals surface area (Å²) >= 11 is 5.23. The number of carbonyl (C=O) groups is 1. The second-order valence-electron chi connectivity index (χ2n) is 3.90. The van der Waals surface area contributed by atoms with Crippen LogP contribution in [0.1, 0.15) is 10.4 Å². The highest BCUT2D eigenvalue weighted by Crippen LogP contribution is 2.26. The van der Waals surface area contributed by atoms with E-state index in [4.69, 9.17) is 5.73 Å². The molecule has 7 heteroatoms. The molecule has 0 aliphatic heterocycles. The Hall–Kier alpha value is -1.22. The minimum atomic E-state index is -1.18. The molecule has 0 bridgehead atoms. The van der Waals surface area contributed by atoms with Crippen LogP contribution in [0.2, 0.25) is 0 Å². The van der Waals surface area contributed by atoms with Crippen LogP contribution in [-0.4, -0.2) is 5.91 Å². The smallest absolute Gasteiger partial charge is 0.256 e. The molecule has 0 atom stereocenters. The molecule has 0 saturated carbocycles. The number of carbonyl (C=O) groups excluding carboxylic acids is 1. The first kappa shape index (κ1) is 15.2. The summed E-state index contributed by atoms with van der Waals surface area (Å²) in [5, 5.41) is 2.30. The SMILES string of the molecule is Nc1ccc(F)c(F)c1NC(=O)c1cc(Br)ccc1I. The third-order valence-electron chi connectivity index (χ3n) is 2.54. The average molecular weight is 453 g/mol. The lowest BCUT2D eigenvalue weighted by atomic mass is 10.2. The van der Waals surface area contributed by atoms with Crippen molar-refractivity contribution in [2.75, 3.05) is 11.1 Å². The predicted octanol–water partition coefficient (Wildman–Crippen LogP) is 4.17. The molecule has 0 unspecified atom stereocenters. The Morgan fingerprint density at radius 2 is 1.95 bits per heavy atom. The number of nitrogens with one attached hydrogen (secondary N) is 1. The summed E-state index contributed by atoms with van der Waals surface area (Å²) in [5.41, 5.74) is 5.49. The van der Waals surface area contributed by atoms with Crippen molar-refractivity contribution in [1.29, 1.82) is 0 Å². The van der Waals surface area contributed by atoms with Gasteiger partial charge in [-0.3, -0.25) is 4.79 Å². The van der Waals surface area contributed by atoms with Crippen molar-refractivity contribution in [2.24, 2.45) is 0 Å². The van der Waals surface area contributed by atoms with E-state index in [0.29, 0.717) is 13.6 Å². The molecule has 20 heavy (non-hydrogen) atoms. The van der Waals surface area contributed by atoms with Crippen LogP contribution in [0.15, 0.2) is 34.8 Å². The van der Waals surface area contributed by atoms with E-state index < -0.39 is 17.5 Å². The number of nitrogen functional groups attached to an aromatic ring is 1. The van der Waals surface area contributed by atoms with Gasteiger partial charge in [0.15, 0.2) is 11.6 Å². The lowest BCUT2D eigenvalue weighted by Gasteiger charge is -2.11. The van der Waals surface area contributed by atoms with Crippen LogP contribution in [0.4, 0.5) is 20.2 Å². The minimum absolute atomic E-state index is 0.0396. The summed E-state index contributed by atoms with van der Waals surface area (Å²) in [4.78, 5) is 12.1. The van der Waals surface area contributed by atoms with Gasteiger partial charge in [0.05, 0.1) is 11.3 Å². The molecule has 0 aliphatic rings. The number of amides is 1. The van der Waals surface area contributed by atoms with Gasteiger partial charge in [0.25, 0.3) is 5.91 Å². The van der Waals surface area contributed by atoms with Crippen LogP contribution in [-0.2, 0) is 0 Å². The summed E-state index contributed by atoms with van der Waals surface area (Å²) in [7, 11) is 0. The first-order valence-corrected chi connectivity index (χ1v) is 7.27. The van der Waals surface area contributed by atoms with E-state index in [1.54, 1.807) is 18.2 Å². The topological polar surface area (TPSA) is 55.1 Å². The van der Waals surface area contributed by atoms with E-state index in [0.717, 1.165) is 6.07 Å². The van der Waals surface area contributed by atoms with Gasteiger partial charge in [-0.15, -0.1) is 0 Å². The molecule has 0 aliphatic carbocycles. The molecule has 104 valence electrons. The van der Waals surface area contributed by atoms with Crippen LogP contribution in [0.3, 0.4) is 0 Å². The first-order chi connectivity index (χ1) is 9.40. The number of rotatable bonds is 2. The number of halogens is 4. The Labute approximate surface area is 135 Å². The fourth-order valence-corrected chi connectivity index (χ4v) is 2.49. The molecule has 2 aromatic rings. The van der Waals surface area contributed by atoms with E-state index in [9.17, 15) is 13.6 Å². The Morgan fingerprint density at radius 1 is 1.25 bits per heavy atom. The van der Waals surface area contributed by atoms with Gasteiger partial charge >= 0.3 is 0 Å². The van der Waals surface area contributed by atoms with Gasteiger partial charge in [-0.25, -0.2) is 8.78 Å². The van der Waals surface area contributed by atoms with E-state index in [-0.39, 0.29) is 11.4 Å². The highest BCUT2D eigenvalue weighted by molar-refractivity contribution is 14.1. The molecular weight excluding hydrogens is 445 g/mol. The fourth-order valence-electron chi connectivity index (χ4n) is 1.54. The van der Waals surface area contributed by atoms with Gasteiger partial charge in [-0.2, -0.15) is 0 Å². The Kier molecular flexibility index (Phi) is 4.59. The molecule has 3 nitrogen and oxygen atoms in total. The molecule has 0 aromatic heterocycles. The van der Waals surface area contributed by atoms with E-state index in [1.807, 2.05) is 22.6 Å². The molecule has 1 amide bonds. The molecule has 2 aromatic carbocycles. The molecule has 0 fully saturated rings. The number of nitrogens with two attached hydrogens (primary N) is 1. The van der Waals surface area contributed by atoms with Crippen LogP contribution < -0.4 is 11.1 Å². The lowest BCUT2D eigenvalue weighted by molar-refractivity contribution is 0.102. The van der Waals surface area contributed by atoms with Gasteiger partial charge in [0.2, 0.25) is 0 Å². The van der Waals surface area contributed by atoms with Gasteiger partial charge in [-0.05, 0) is 52.9 Å². The van der Waals surface area contributed by atoms with Crippen LogP contribution in [0, 0.1) is 15.2 Å². The molecule has 0 heterocycles. The zero-order chi connectivity index (χ0) is 14.9. The van der Waals surface area contributed by atoms with E-state index in [2.05, 4.69) is 21.2 Å². The zero-order valence-electron chi connectivity index (χ0n) is 9.88. The normalized spacial score (nSPS) is 10.4. The van der Waals surface area contributed by atoms with E-state index >= 15 is 0 Å². The molecule has 0 spiro atoms. The van der Waals surface area contributed by atoms with Crippen LogP contribution >= 0.6 is 38.5 Å². The highest BCUT2D eigenvalue weighted by atomic mass is 127. The summed E-state index contributed by atoms with van der Waals surface area (Å²) in [6.45, 7) is 0. The monoisotopic (exact) mass is 452 g/mol.